The van der Waals surface area contributed by atoms with Crippen LogP contribution in [0.3, 0.4) is 0 Å². The molecule has 4 heteroatoms. The molecule has 0 aliphatic rings. The molecule has 2 aromatic carbocycles. The van der Waals surface area contributed by atoms with Crippen LogP contribution in [0.1, 0.15) is 6.92 Å². The third kappa shape index (κ3) is 3.96. The number of hydrogen-bond donors (Lipinski definition) is 0. The fourth-order valence-corrected chi connectivity index (χ4v) is 5.00. The molecule has 0 spiro atoms. The van der Waals surface area contributed by atoms with Gasteiger partial charge in [-0.3, -0.25) is 0 Å². The van der Waals surface area contributed by atoms with Crippen molar-refractivity contribution in [3.63, 3.8) is 0 Å². The highest BCUT2D eigenvalue weighted by molar-refractivity contribution is 7.25. The molecule has 4 aromatic rings. The zero-order chi connectivity index (χ0) is 19.3. The Morgan fingerprint density at radius 3 is 1.61 bits per heavy atom. The van der Waals surface area contributed by atoms with Crippen molar-refractivity contribution < 1.29 is 9.47 Å². The van der Waals surface area contributed by atoms with Crippen LogP contribution in [0.15, 0.2) is 72.8 Å². The van der Waals surface area contributed by atoms with Crippen molar-refractivity contribution in [1.29, 1.82) is 0 Å². The summed E-state index contributed by atoms with van der Waals surface area (Å²) in [6.45, 7) is 2.68. The zero-order valence-corrected chi connectivity index (χ0v) is 17.0. The summed E-state index contributed by atoms with van der Waals surface area (Å²) >= 11 is 3.59. The molecule has 0 aliphatic heterocycles. The van der Waals surface area contributed by atoms with Gasteiger partial charge in [0.2, 0.25) is 0 Å². The van der Waals surface area contributed by atoms with Gasteiger partial charge in [-0.25, -0.2) is 0 Å². The highest BCUT2D eigenvalue weighted by Gasteiger charge is 2.09. The molecule has 0 saturated heterocycles. The fourth-order valence-electron chi connectivity index (χ4n) is 2.89. The largest absolute Gasteiger partial charge is 0.494 e. The highest BCUT2D eigenvalue weighted by atomic mass is 32.1. The van der Waals surface area contributed by atoms with Crippen molar-refractivity contribution in [3.8, 4) is 54.7 Å². The SMILES string of the molecule is C#COc1ccc(-c2ccc(-c3ccc(-c4ccc(OCC)cc4)s3)s2)cc1. The van der Waals surface area contributed by atoms with Crippen LogP contribution < -0.4 is 9.47 Å². The molecular formula is C24H18O2S2. The number of thiophene rings is 2. The molecule has 0 N–H and O–H groups in total. The molecule has 138 valence electrons. The fraction of sp³-hybridized carbons (Fsp3) is 0.0833. The summed E-state index contributed by atoms with van der Waals surface area (Å²) in [5.41, 5.74) is 2.37. The van der Waals surface area contributed by atoms with Crippen LogP contribution in [0.25, 0.3) is 30.6 Å². The van der Waals surface area contributed by atoms with E-state index in [1.807, 2.05) is 43.3 Å². The van der Waals surface area contributed by atoms with Gasteiger partial charge in [0, 0.05) is 19.5 Å². The molecule has 0 unspecified atom stereocenters. The first-order valence-corrected chi connectivity index (χ1v) is 10.6. The minimum absolute atomic E-state index is 0.682. The van der Waals surface area contributed by atoms with Gasteiger partial charge >= 0.3 is 0 Å². The van der Waals surface area contributed by atoms with Gasteiger partial charge in [-0.05, 0) is 90.8 Å². The Kier molecular flexibility index (Phi) is 5.48. The molecule has 2 nitrogen and oxygen atoms in total. The molecule has 0 atom stereocenters. The lowest BCUT2D eigenvalue weighted by molar-refractivity contribution is 0.340. The van der Waals surface area contributed by atoms with Gasteiger partial charge in [0.15, 0.2) is 0 Å². The molecular weight excluding hydrogens is 384 g/mol. The summed E-state index contributed by atoms with van der Waals surface area (Å²) in [6.07, 6.45) is 7.36. The summed E-state index contributed by atoms with van der Waals surface area (Å²) in [4.78, 5) is 5.01. The van der Waals surface area contributed by atoms with E-state index in [0.717, 1.165) is 11.3 Å². The maximum Gasteiger partial charge on any atom is 0.140 e. The van der Waals surface area contributed by atoms with Gasteiger partial charge in [0.25, 0.3) is 0 Å². The molecule has 4 rings (SSSR count). The van der Waals surface area contributed by atoms with E-state index in [1.54, 1.807) is 22.7 Å². The van der Waals surface area contributed by atoms with Crippen molar-refractivity contribution in [3.05, 3.63) is 72.8 Å². The van der Waals surface area contributed by atoms with E-state index in [-0.39, 0.29) is 0 Å². The van der Waals surface area contributed by atoms with Crippen molar-refractivity contribution >= 4 is 22.7 Å². The van der Waals surface area contributed by atoms with E-state index in [0.29, 0.717) is 12.4 Å². The predicted octanol–water partition coefficient (Wildman–Crippen LogP) is 7.18. The molecule has 28 heavy (non-hydrogen) atoms. The molecule has 2 heterocycles. The molecule has 0 bridgehead atoms. The van der Waals surface area contributed by atoms with Crippen molar-refractivity contribution in [2.75, 3.05) is 6.61 Å². The standard InChI is InChI=1S/C24H18O2S2/c1-3-25-19-9-5-17(6-10-19)21-13-15-23(27-21)24-16-14-22(28-24)18-7-11-20(12-8-18)26-4-2/h1,5-16H,4H2,2H3. The van der Waals surface area contributed by atoms with Gasteiger partial charge in [0.1, 0.15) is 17.6 Å². The van der Waals surface area contributed by atoms with E-state index < -0.39 is 0 Å². The minimum Gasteiger partial charge on any atom is -0.494 e. The van der Waals surface area contributed by atoms with Crippen LogP contribution in [-0.4, -0.2) is 6.61 Å². The monoisotopic (exact) mass is 402 g/mol. The molecule has 0 radical (unpaired) electrons. The third-order valence-corrected chi connectivity index (χ3v) is 6.68. The average molecular weight is 403 g/mol. The molecule has 0 fully saturated rings. The number of benzene rings is 2. The highest BCUT2D eigenvalue weighted by Crippen LogP contribution is 2.40. The Bertz CT molecular complexity index is 1100. The predicted molar refractivity (Wildman–Crippen MR) is 119 cm³/mol. The lowest BCUT2D eigenvalue weighted by atomic mass is 10.2. The first kappa shape index (κ1) is 18.4. The maximum atomic E-state index is 5.52. The Morgan fingerprint density at radius 1 is 0.679 bits per heavy atom. The van der Waals surface area contributed by atoms with E-state index in [1.165, 1.54) is 25.1 Å². The van der Waals surface area contributed by atoms with Crippen LogP contribution in [0.5, 0.6) is 11.5 Å². The Hall–Kier alpha value is -3.00. The zero-order valence-electron chi connectivity index (χ0n) is 15.3. The topological polar surface area (TPSA) is 18.5 Å². The van der Waals surface area contributed by atoms with E-state index in [4.69, 9.17) is 15.9 Å². The van der Waals surface area contributed by atoms with E-state index in [9.17, 15) is 0 Å². The molecule has 0 saturated carbocycles. The lowest BCUT2D eigenvalue weighted by Gasteiger charge is -2.03. The summed E-state index contributed by atoms with van der Waals surface area (Å²) in [5, 5.41) is 0. The van der Waals surface area contributed by atoms with Crippen molar-refractivity contribution in [2.24, 2.45) is 0 Å². The lowest BCUT2D eigenvalue weighted by Crippen LogP contribution is -1.90. The summed E-state index contributed by atoms with van der Waals surface area (Å²) in [5.74, 6) is 1.59. The third-order valence-electron chi connectivity index (χ3n) is 4.22. The normalized spacial score (nSPS) is 10.4. The van der Waals surface area contributed by atoms with Crippen LogP contribution >= 0.6 is 22.7 Å². The first-order chi connectivity index (χ1) is 13.8. The number of ether oxygens (including phenoxy) is 2. The second-order valence-corrected chi connectivity index (χ2v) is 8.20. The summed E-state index contributed by atoms with van der Waals surface area (Å²) < 4.78 is 10.6. The minimum atomic E-state index is 0.682. The van der Waals surface area contributed by atoms with Gasteiger partial charge < -0.3 is 9.47 Å². The molecule has 2 aromatic heterocycles. The quantitative estimate of drug-likeness (QED) is 0.318. The Labute approximate surface area is 173 Å². The van der Waals surface area contributed by atoms with Crippen LogP contribution in [-0.2, 0) is 0 Å². The van der Waals surface area contributed by atoms with Gasteiger partial charge in [-0.2, -0.15) is 0 Å². The number of rotatable bonds is 6. The molecule has 0 aliphatic carbocycles. The van der Waals surface area contributed by atoms with E-state index in [2.05, 4.69) is 42.5 Å². The van der Waals surface area contributed by atoms with Crippen LogP contribution in [0.2, 0.25) is 0 Å². The Balaban J connectivity index is 1.54. The van der Waals surface area contributed by atoms with Crippen LogP contribution in [0.4, 0.5) is 0 Å². The second kappa shape index (κ2) is 8.35. The summed E-state index contributed by atoms with van der Waals surface area (Å²) in [7, 11) is 0. The van der Waals surface area contributed by atoms with E-state index >= 15 is 0 Å². The second-order valence-electron chi connectivity index (χ2n) is 6.03. The van der Waals surface area contributed by atoms with Crippen LogP contribution in [0, 0.1) is 12.5 Å². The maximum absolute atomic E-state index is 5.52. The van der Waals surface area contributed by atoms with Gasteiger partial charge in [-0.1, -0.05) is 6.42 Å². The average Bonchev–Trinajstić information content (AvgIpc) is 3.40. The van der Waals surface area contributed by atoms with Gasteiger partial charge in [-0.15, -0.1) is 22.7 Å². The summed E-state index contributed by atoms with van der Waals surface area (Å²) in [6, 6.07) is 24.8. The Morgan fingerprint density at radius 2 is 1.14 bits per heavy atom. The number of terminal acetylenes is 1. The molecule has 0 amide bonds. The van der Waals surface area contributed by atoms with Crippen molar-refractivity contribution in [1.82, 2.24) is 0 Å². The van der Waals surface area contributed by atoms with Gasteiger partial charge in [0.05, 0.1) is 6.61 Å². The first-order valence-electron chi connectivity index (χ1n) is 8.93. The van der Waals surface area contributed by atoms with Crippen molar-refractivity contribution in [2.45, 2.75) is 6.92 Å². The smallest absolute Gasteiger partial charge is 0.140 e. The number of hydrogen-bond acceptors (Lipinski definition) is 4.